The van der Waals surface area contributed by atoms with Gasteiger partial charge < -0.3 is 10.4 Å². The molecule has 0 fully saturated rings. The largest absolute Gasteiger partial charge is 0.394 e. The van der Waals surface area contributed by atoms with Crippen molar-refractivity contribution in [2.75, 3.05) is 11.9 Å². The minimum absolute atomic E-state index is 0.00412. The first kappa shape index (κ1) is 16.7. The summed E-state index contributed by atoms with van der Waals surface area (Å²) in [6, 6.07) is 7.47. The molecule has 0 aliphatic carbocycles. The average molecular weight is 346 g/mol. The summed E-state index contributed by atoms with van der Waals surface area (Å²) in [5.41, 5.74) is 1.88. The Labute approximate surface area is 145 Å². The summed E-state index contributed by atoms with van der Waals surface area (Å²) in [5.74, 6) is 1.45. The number of hydrogen-bond donors (Lipinski definition) is 2. The molecule has 24 heavy (non-hydrogen) atoms. The summed E-state index contributed by atoms with van der Waals surface area (Å²) in [6.45, 7) is 2.01. The average Bonchev–Trinajstić information content (AvgIpc) is 2.97. The lowest BCUT2D eigenvalue weighted by Gasteiger charge is -2.18. The fourth-order valence-electron chi connectivity index (χ4n) is 2.59. The van der Waals surface area contributed by atoms with E-state index in [2.05, 4.69) is 20.4 Å². The zero-order valence-electron chi connectivity index (χ0n) is 13.7. The SMILES string of the molecule is CCc1nc(NC(CO)Cc2ccc(Cl)cc2)c2cnn(C)c2n1. The number of aliphatic hydroxyl groups is 1. The number of rotatable bonds is 6. The zero-order chi connectivity index (χ0) is 17.1. The topological polar surface area (TPSA) is 75.9 Å². The predicted octanol–water partition coefficient (Wildman–Crippen LogP) is 2.59. The van der Waals surface area contributed by atoms with Gasteiger partial charge in [0.15, 0.2) is 5.65 Å². The van der Waals surface area contributed by atoms with Gasteiger partial charge in [0.25, 0.3) is 0 Å². The lowest BCUT2D eigenvalue weighted by molar-refractivity contribution is 0.273. The monoisotopic (exact) mass is 345 g/mol. The lowest BCUT2D eigenvalue weighted by atomic mass is 10.1. The van der Waals surface area contributed by atoms with Gasteiger partial charge in [0.1, 0.15) is 11.6 Å². The molecule has 3 aromatic rings. The highest BCUT2D eigenvalue weighted by atomic mass is 35.5. The van der Waals surface area contributed by atoms with Gasteiger partial charge in [-0.25, -0.2) is 9.97 Å². The Kier molecular flexibility index (Phi) is 4.97. The number of nitrogens with zero attached hydrogens (tertiary/aromatic N) is 4. The van der Waals surface area contributed by atoms with Crippen LogP contribution in [0.2, 0.25) is 5.02 Å². The third-order valence-corrected chi connectivity index (χ3v) is 4.16. The molecular weight excluding hydrogens is 326 g/mol. The molecule has 0 aliphatic heterocycles. The molecule has 2 heterocycles. The summed E-state index contributed by atoms with van der Waals surface area (Å²) in [4.78, 5) is 9.08. The van der Waals surface area contributed by atoms with Crippen molar-refractivity contribution in [2.24, 2.45) is 7.05 Å². The van der Waals surface area contributed by atoms with E-state index in [1.54, 1.807) is 10.9 Å². The Morgan fingerprint density at radius 2 is 2.00 bits per heavy atom. The van der Waals surface area contributed by atoms with Crippen LogP contribution in [0.3, 0.4) is 0 Å². The fourth-order valence-corrected chi connectivity index (χ4v) is 2.72. The molecule has 0 saturated heterocycles. The second kappa shape index (κ2) is 7.15. The molecule has 0 aliphatic rings. The van der Waals surface area contributed by atoms with Crippen molar-refractivity contribution >= 4 is 28.5 Å². The molecule has 2 N–H and O–H groups in total. The molecule has 6 nitrogen and oxygen atoms in total. The maximum absolute atomic E-state index is 9.75. The zero-order valence-corrected chi connectivity index (χ0v) is 14.5. The Bertz CT molecular complexity index is 831. The third kappa shape index (κ3) is 3.49. The summed E-state index contributed by atoms with van der Waals surface area (Å²) in [6.07, 6.45) is 3.14. The Balaban J connectivity index is 1.87. The highest BCUT2D eigenvalue weighted by molar-refractivity contribution is 6.30. The molecule has 7 heteroatoms. The van der Waals surface area contributed by atoms with E-state index in [4.69, 9.17) is 11.6 Å². The Morgan fingerprint density at radius 3 is 2.67 bits per heavy atom. The van der Waals surface area contributed by atoms with Crippen LogP contribution in [-0.4, -0.2) is 37.5 Å². The number of nitrogens with one attached hydrogen (secondary N) is 1. The van der Waals surface area contributed by atoms with Crippen molar-refractivity contribution in [3.05, 3.63) is 46.9 Å². The molecule has 2 aromatic heterocycles. The van der Waals surface area contributed by atoms with Gasteiger partial charge in [-0.05, 0) is 24.1 Å². The molecule has 0 bridgehead atoms. The quantitative estimate of drug-likeness (QED) is 0.718. The number of aliphatic hydroxyl groups excluding tert-OH is 1. The van der Waals surface area contributed by atoms with Crippen LogP contribution in [0.4, 0.5) is 5.82 Å². The molecule has 126 valence electrons. The normalized spacial score (nSPS) is 12.5. The van der Waals surface area contributed by atoms with Gasteiger partial charge in [-0.2, -0.15) is 5.10 Å². The van der Waals surface area contributed by atoms with E-state index >= 15 is 0 Å². The van der Waals surface area contributed by atoms with Gasteiger partial charge in [0.05, 0.1) is 24.2 Å². The smallest absolute Gasteiger partial charge is 0.163 e. The maximum atomic E-state index is 9.75. The van der Waals surface area contributed by atoms with Crippen molar-refractivity contribution in [1.29, 1.82) is 0 Å². The molecular formula is C17H20ClN5O. The molecule has 1 unspecified atom stereocenters. The third-order valence-electron chi connectivity index (χ3n) is 3.91. The van der Waals surface area contributed by atoms with Gasteiger partial charge in [-0.15, -0.1) is 0 Å². The van der Waals surface area contributed by atoms with Crippen LogP contribution in [0.25, 0.3) is 11.0 Å². The van der Waals surface area contributed by atoms with Gasteiger partial charge >= 0.3 is 0 Å². The Morgan fingerprint density at radius 1 is 1.25 bits per heavy atom. The van der Waals surface area contributed by atoms with Crippen molar-refractivity contribution in [1.82, 2.24) is 19.7 Å². The van der Waals surface area contributed by atoms with E-state index < -0.39 is 0 Å². The Hall–Kier alpha value is -2.18. The summed E-state index contributed by atoms with van der Waals surface area (Å²) >= 11 is 5.92. The van der Waals surface area contributed by atoms with Crippen molar-refractivity contribution in [2.45, 2.75) is 25.8 Å². The van der Waals surface area contributed by atoms with Crippen molar-refractivity contribution in [3.8, 4) is 0 Å². The maximum Gasteiger partial charge on any atom is 0.163 e. The van der Waals surface area contributed by atoms with Crippen LogP contribution in [0, 0.1) is 0 Å². The number of fused-ring (bicyclic) bond motifs is 1. The van der Waals surface area contributed by atoms with Gasteiger partial charge in [0, 0.05) is 18.5 Å². The number of aromatic nitrogens is 4. The minimum Gasteiger partial charge on any atom is -0.394 e. The highest BCUT2D eigenvalue weighted by Crippen LogP contribution is 2.21. The molecule has 0 radical (unpaired) electrons. The van der Waals surface area contributed by atoms with Crippen LogP contribution in [0.15, 0.2) is 30.5 Å². The summed E-state index contributed by atoms with van der Waals surface area (Å²) < 4.78 is 1.73. The molecule has 1 atom stereocenters. The van der Waals surface area contributed by atoms with Crippen LogP contribution in [0.1, 0.15) is 18.3 Å². The number of anilines is 1. The van der Waals surface area contributed by atoms with Gasteiger partial charge in [-0.3, -0.25) is 4.68 Å². The van der Waals surface area contributed by atoms with E-state index in [9.17, 15) is 5.11 Å². The number of hydrogen-bond acceptors (Lipinski definition) is 5. The first-order chi connectivity index (χ1) is 11.6. The van der Waals surface area contributed by atoms with E-state index in [0.717, 1.165) is 28.8 Å². The van der Waals surface area contributed by atoms with Crippen LogP contribution < -0.4 is 5.32 Å². The second-order valence-electron chi connectivity index (χ2n) is 5.70. The number of aryl methyl sites for hydroxylation is 2. The van der Waals surface area contributed by atoms with E-state index in [1.165, 1.54) is 0 Å². The first-order valence-electron chi connectivity index (χ1n) is 7.91. The molecule has 3 rings (SSSR count). The van der Waals surface area contributed by atoms with Gasteiger partial charge in [0.2, 0.25) is 0 Å². The number of benzene rings is 1. The highest BCUT2D eigenvalue weighted by Gasteiger charge is 2.15. The van der Waals surface area contributed by atoms with Crippen LogP contribution in [-0.2, 0) is 19.9 Å². The standard InChI is InChI=1S/C17H20ClN5O/c1-3-15-21-16(14-9-19-23(2)17(14)22-15)20-13(10-24)8-11-4-6-12(18)7-5-11/h4-7,9,13,24H,3,8,10H2,1-2H3,(H,20,21,22). The van der Waals surface area contributed by atoms with Crippen molar-refractivity contribution < 1.29 is 5.11 Å². The summed E-state index contributed by atoms with van der Waals surface area (Å²) in [5, 5.41) is 18.9. The number of halogens is 1. The van der Waals surface area contributed by atoms with Crippen LogP contribution in [0.5, 0.6) is 0 Å². The molecule has 1 aromatic carbocycles. The van der Waals surface area contributed by atoms with Gasteiger partial charge in [-0.1, -0.05) is 30.7 Å². The lowest BCUT2D eigenvalue weighted by Crippen LogP contribution is -2.27. The molecule has 0 amide bonds. The predicted molar refractivity (Wildman–Crippen MR) is 95.3 cm³/mol. The van der Waals surface area contributed by atoms with E-state index in [1.807, 2.05) is 38.2 Å². The second-order valence-corrected chi connectivity index (χ2v) is 6.14. The fraction of sp³-hybridized carbons (Fsp3) is 0.353. The van der Waals surface area contributed by atoms with Crippen LogP contribution >= 0.6 is 11.6 Å². The first-order valence-corrected chi connectivity index (χ1v) is 8.29. The minimum atomic E-state index is -0.158. The van der Waals surface area contributed by atoms with Crippen molar-refractivity contribution in [3.63, 3.8) is 0 Å². The summed E-state index contributed by atoms with van der Waals surface area (Å²) in [7, 11) is 1.86. The molecule has 0 spiro atoms. The van der Waals surface area contributed by atoms with E-state index in [-0.39, 0.29) is 12.6 Å². The van der Waals surface area contributed by atoms with E-state index in [0.29, 0.717) is 17.3 Å². The molecule has 0 saturated carbocycles.